The van der Waals surface area contributed by atoms with Crippen LogP contribution in [0.5, 0.6) is 0 Å². The molecule has 2 aromatic rings. The average molecular weight is 325 g/mol. The van der Waals surface area contributed by atoms with E-state index in [0.29, 0.717) is 11.1 Å². The number of carbonyl (C=O) groups is 1. The van der Waals surface area contributed by atoms with Crippen molar-refractivity contribution in [3.8, 4) is 11.1 Å². The van der Waals surface area contributed by atoms with Crippen molar-refractivity contribution in [3.63, 3.8) is 0 Å². The maximum absolute atomic E-state index is 13.7. The molecule has 19 heavy (non-hydrogen) atoms. The first-order valence-electron chi connectivity index (χ1n) is 5.70. The molecule has 0 radical (unpaired) electrons. The van der Waals surface area contributed by atoms with Gasteiger partial charge in [-0.1, -0.05) is 22.0 Å². The zero-order valence-electron chi connectivity index (χ0n) is 10.2. The van der Waals surface area contributed by atoms with Crippen LogP contribution in [0.2, 0.25) is 0 Å². The fraction of sp³-hybridized carbons (Fsp3) is 0.133. The van der Waals surface area contributed by atoms with Gasteiger partial charge in [0.05, 0.1) is 0 Å². The Bertz CT molecular complexity index is 638. The summed E-state index contributed by atoms with van der Waals surface area (Å²) in [5.74, 6) is -1.20. The van der Waals surface area contributed by atoms with Crippen LogP contribution >= 0.6 is 15.9 Å². The minimum Gasteiger partial charge on any atom is -0.300 e. The van der Waals surface area contributed by atoms with Gasteiger partial charge in [-0.15, -0.1) is 0 Å². The largest absolute Gasteiger partial charge is 0.300 e. The third-order valence-corrected chi connectivity index (χ3v) is 3.11. The second-order valence-corrected chi connectivity index (χ2v) is 5.27. The van der Waals surface area contributed by atoms with Crippen LogP contribution in [0, 0.1) is 11.6 Å². The molecule has 0 aromatic heterocycles. The van der Waals surface area contributed by atoms with Gasteiger partial charge >= 0.3 is 0 Å². The second-order valence-electron chi connectivity index (χ2n) is 4.35. The molecule has 0 atom stereocenters. The number of Topliss-reactive ketones (excluding diaryl/α,β-unsaturated/α-hetero) is 1. The molecule has 98 valence electrons. The molecule has 0 saturated heterocycles. The van der Waals surface area contributed by atoms with Gasteiger partial charge in [0.15, 0.2) is 0 Å². The van der Waals surface area contributed by atoms with E-state index in [1.54, 1.807) is 12.1 Å². The van der Waals surface area contributed by atoms with Crippen molar-refractivity contribution in [1.29, 1.82) is 0 Å². The Labute approximate surface area is 118 Å². The molecule has 0 spiro atoms. The van der Waals surface area contributed by atoms with Crippen LogP contribution in [0.3, 0.4) is 0 Å². The lowest BCUT2D eigenvalue weighted by Gasteiger charge is -2.07. The highest BCUT2D eigenvalue weighted by Crippen LogP contribution is 2.28. The summed E-state index contributed by atoms with van der Waals surface area (Å²) in [4.78, 5) is 11.1. The first kappa shape index (κ1) is 13.9. The van der Waals surface area contributed by atoms with E-state index < -0.39 is 11.6 Å². The smallest absolute Gasteiger partial charge is 0.134 e. The number of rotatable bonds is 3. The van der Waals surface area contributed by atoms with Crippen molar-refractivity contribution in [1.82, 2.24) is 0 Å². The Balaban J connectivity index is 2.49. The number of hydrogen-bond acceptors (Lipinski definition) is 1. The molecule has 0 aliphatic rings. The molecule has 1 nitrogen and oxygen atoms in total. The molecule has 0 N–H and O–H groups in total. The molecule has 0 aliphatic heterocycles. The van der Waals surface area contributed by atoms with Crippen molar-refractivity contribution >= 4 is 21.7 Å². The molecule has 4 heteroatoms. The van der Waals surface area contributed by atoms with E-state index in [2.05, 4.69) is 15.9 Å². The molecule has 2 rings (SSSR count). The lowest BCUT2D eigenvalue weighted by atomic mass is 10.0. The fourth-order valence-corrected chi connectivity index (χ4v) is 2.46. The Morgan fingerprint density at radius 1 is 1.16 bits per heavy atom. The van der Waals surface area contributed by atoms with Crippen LogP contribution in [0.25, 0.3) is 11.1 Å². The molecule has 0 fully saturated rings. The maximum atomic E-state index is 13.7. The zero-order valence-corrected chi connectivity index (χ0v) is 11.8. The molecule has 0 aliphatic carbocycles. The average Bonchev–Trinajstić information content (AvgIpc) is 2.26. The monoisotopic (exact) mass is 324 g/mol. The minimum atomic E-state index is -0.619. The number of carbonyl (C=O) groups excluding carboxylic acids is 1. The van der Waals surface area contributed by atoms with E-state index in [1.807, 2.05) is 6.07 Å². The minimum absolute atomic E-state index is 0.0311. The standard InChI is InChI=1S/C15H11BrF2O/c1-9(19)4-10-5-11(7-12(16)6-10)14-3-2-13(17)8-15(14)18/h2-3,5-8H,4H2,1H3. The van der Waals surface area contributed by atoms with Gasteiger partial charge in [0.25, 0.3) is 0 Å². The van der Waals surface area contributed by atoms with Crippen molar-refractivity contribution < 1.29 is 13.6 Å². The number of halogens is 3. The van der Waals surface area contributed by atoms with Crippen molar-refractivity contribution in [2.45, 2.75) is 13.3 Å². The SMILES string of the molecule is CC(=O)Cc1cc(Br)cc(-c2ccc(F)cc2F)c1. The van der Waals surface area contributed by atoms with Gasteiger partial charge in [-0.2, -0.15) is 0 Å². The number of hydrogen-bond donors (Lipinski definition) is 0. The Kier molecular flexibility index (Phi) is 4.10. The van der Waals surface area contributed by atoms with Crippen LogP contribution in [-0.2, 0) is 11.2 Å². The number of benzene rings is 2. The Morgan fingerprint density at radius 2 is 1.89 bits per heavy atom. The van der Waals surface area contributed by atoms with Gasteiger partial charge in [-0.25, -0.2) is 8.78 Å². The molecule has 0 unspecified atom stereocenters. The van der Waals surface area contributed by atoms with Gasteiger partial charge < -0.3 is 0 Å². The molecule has 2 aromatic carbocycles. The van der Waals surface area contributed by atoms with Crippen LogP contribution in [0.4, 0.5) is 8.78 Å². The van der Waals surface area contributed by atoms with Crippen LogP contribution in [0.15, 0.2) is 40.9 Å². The van der Waals surface area contributed by atoms with Crippen LogP contribution < -0.4 is 0 Å². The van der Waals surface area contributed by atoms with Crippen molar-refractivity contribution in [3.05, 3.63) is 58.1 Å². The van der Waals surface area contributed by atoms with E-state index in [-0.39, 0.29) is 12.2 Å². The van der Waals surface area contributed by atoms with Gasteiger partial charge in [0, 0.05) is 22.5 Å². The van der Waals surface area contributed by atoms with Gasteiger partial charge in [-0.05, 0) is 42.3 Å². The predicted molar refractivity (Wildman–Crippen MR) is 73.9 cm³/mol. The highest BCUT2D eigenvalue weighted by Gasteiger charge is 2.09. The molecule has 0 heterocycles. The maximum Gasteiger partial charge on any atom is 0.134 e. The third-order valence-electron chi connectivity index (χ3n) is 2.65. The first-order chi connectivity index (χ1) is 8.95. The Morgan fingerprint density at radius 3 is 2.53 bits per heavy atom. The summed E-state index contributed by atoms with van der Waals surface area (Å²) in [6, 6.07) is 8.74. The highest BCUT2D eigenvalue weighted by atomic mass is 79.9. The zero-order chi connectivity index (χ0) is 14.0. The first-order valence-corrected chi connectivity index (χ1v) is 6.49. The molecular weight excluding hydrogens is 314 g/mol. The van der Waals surface area contributed by atoms with E-state index in [4.69, 9.17) is 0 Å². The van der Waals surface area contributed by atoms with Crippen molar-refractivity contribution in [2.75, 3.05) is 0 Å². The normalized spacial score (nSPS) is 10.5. The summed E-state index contributed by atoms with van der Waals surface area (Å²) < 4.78 is 27.4. The van der Waals surface area contributed by atoms with E-state index in [1.165, 1.54) is 19.1 Å². The van der Waals surface area contributed by atoms with Crippen LogP contribution in [-0.4, -0.2) is 5.78 Å². The van der Waals surface area contributed by atoms with Gasteiger partial charge in [0.2, 0.25) is 0 Å². The van der Waals surface area contributed by atoms with E-state index in [9.17, 15) is 13.6 Å². The van der Waals surface area contributed by atoms with Crippen LogP contribution in [0.1, 0.15) is 12.5 Å². The lowest BCUT2D eigenvalue weighted by Crippen LogP contribution is -1.97. The summed E-state index contributed by atoms with van der Waals surface area (Å²) in [5.41, 5.74) is 1.72. The molecule has 0 bridgehead atoms. The quantitative estimate of drug-likeness (QED) is 0.810. The predicted octanol–water partition coefficient (Wildman–Crippen LogP) is 4.53. The van der Waals surface area contributed by atoms with Crippen molar-refractivity contribution in [2.24, 2.45) is 0 Å². The highest BCUT2D eigenvalue weighted by molar-refractivity contribution is 9.10. The third kappa shape index (κ3) is 3.47. The molecule has 0 saturated carbocycles. The Hall–Kier alpha value is -1.55. The summed E-state index contributed by atoms with van der Waals surface area (Å²) in [5, 5.41) is 0. The molecule has 0 amide bonds. The second kappa shape index (κ2) is 5.61. The molecular formula is C15H11BrF2O. The summed E-state index contributed by atoms with van der Waals surface area (Å²) >= 11 is 3.33. The van der Waals surface area contributed by atoms with E-state index in [0.717, 1.165) is 16.1 Å². The number of ketones is 1. The topological polar surface area (TPSA) is 17.1 Å². The fourth-order valence-electron chi connectivity index (χ4n) is 1.92. The van der Waals surface area contributed by atoms with E-state index >= 15 is 0 Å². The van der Waals surface area contributed by atoms with Gasteiger partial charge in [-0.3, -0.25) is 4.79 Å². The summed E-state index contributed by atoms with van der Waals surface area (Å²) in [7, 11) is 0. The summed E-state index contributed by atoms with van der Waals surface area (Å²) in [6.07, 6.45) is 0.287. The lowest BCUT2D eigenvalue weighted by molar-refractivity contribution is -0.116. The summed E-state index contributed by atoms with van der Waals surface area (Å²) in [6.45, 7) is 1.50. The van der Waals surface area contributed by atoms with Gasteiger partial charge in [0.1, 0.15) is 17.4 Å².